The largest absolute Gasteiger partial charge is 0.462 e. The number of hydrogen-bond acceptors (Lipinski definition) is 4. The van der Waals surface area contributed by atoms with Crippen LogP contribution in [0.4, 0.5) is 5.69 Å². The van der Waals surface area contributed by atoms with E-state index in [9.17, 15) is 9.59 Å². The normalized spacial score (nSPS) is 15.1. The van der Waals surface area contributed by atoms with E-state index in [0.717, 1.165) is 37.1 Å². The summed E-state index contributed by atoms with van der Waals surface area (Å²) in [6.07, 6.45) is 1.51. The van der Waals surface area contributed by atoms with Gasteiger partial charge in [-0.15, -0.1) is 0 Å². The fraction of sp³-hybridized carbons (Fsp3) is 0.391. The molecule has 160 valence electrons. The van der Waals surface area contributed by atoms with E-state index >= 15 is 0 Å². The number of carbonyl (C=O) groups is 2. The van der Waals surface area contributed by atoms with Gasteiger partial charge >= 0.3 is 5.97 Å². The van der Waals surface area contributed by atoms with E-state index in [-0.39, 0.29) is 17.8 Å². The van der Waals surface area contributed by atoms with Crippen molar-refractivity contribution in [2.24, 2.45) is 5.92 Å². The maximum atomic E-state index is 12.8. The molecule has 0 spiro atoms. The molecule has 0 aromatic heterocycles. The number of hydrogen-bond donors (Lipinski definition) is 1. The van der Waals surface area contributed by atoms with Crippen LogP contribution in [0.25, 0.3) is 0 Å². The zero-order valence-corrected chi connectivity index (χ0v) is 18.7. The number of rotatable bonds is 6. The number of piperidine rings is 1. The van der Waals surface area contributed by atoms with Crippen LogP contribution < -0.4 is 5.32 Å². The summed E-state index contributed by atoms with van der Waals surface area (Å²) in [5.74, 6) is -0.471. The van der Waals surface area contributed by atoms with Crippen molar-refractivity contribution in [1.29, 1.82) is 0 Å². The standard InChI is InChI=1S/C23H26Cl2N2O3/c1-3-30-23(29)17-6-4-9-21(15(17)2)26-22(28)16-10-12-27(13-11-16)14-18-19(24)7-5-8-20(18)25/h4-9,16H,3,10-14H2,1-2H3,(H,26,28). The van der Waals surface area contributed by atoms with Crippen LogP contribution in [0.5, 0.6) is 0 Å². The van der Waals surface area contributed by atoms with Crippen LogP contribution in [0, 0.1) is 12.8 Å². The van der Waals surface area contributed by atoms with Gasteiger partial charge in [-0.3, -0.25) is 9.69 Å². The van der Waals surface area contributed by atoms with E-state index in [1.165, 1.54) is 0 Å². The zero-order chi connectivity index (χ0) is 21.7. The summed E-state index contributed by atoms with van der Waals surface area (Å²) < 4.78 is 5.09. The molecular formula is C23H26Cl2N2O3. The van der Waals surface area contributed by atoms with Gasteiger partial charge in [0.15, 0.2) is 0 Å². The number of likely N-dealkylation sites (tertiary alicyclic amines) is 1. The summed E-state index contributed by atoms with van der Waals surface area (Å²) in [6, 6.07) is 10.8. The van der Waals surface area contributed by atoms with Crippen molar-refractivity contribution in [3.8, 4) is 0 Å². The molecule has 0 aliphatic carbocycles. The van der Waals surface area contributed by atoms with Gasteiger partial charge in [-0.05, 0) is 69.6 Å². The first kappa shape index (κ1) is 22.6. The molecule has 5 nitrogen and oxygen atoms in total. The lowest BCUT2D eigenvalue weighted by molar-refractivity contribution is -0.121. The lowest BCUT2D eigenvalue weighted by Crippen LogP contribution is -2.38. The maximum Gasteiger partial charge on any atom is 0.338 e. The number of ether oxygens (including phenoxy) is 1. The molecule has 2 aromatic carbocycles. The predicted octanol–water partition coefficient (Wildman–Crippen LogP) is 5.33. The summed E-state index contributed by atoms with van der Waals surface area (Å²) in [5.41, 5.74) is 2.77. The van der Waals surface area contributed by atoms with Crippen LogP contribution in [0.2, 0.25) is 10.0 Å². The van der Waals surface area contributed by atoms with Gasteiger partial charge in [0.25, 0.3) is 0 Å². The summed E-state index contributed by atoms with van der Waals surface area (Å²) in [4.78, 5) is 27.2. The number of halogens is 2. The molecule has 1 aliphatic heterocycles. The second-order valence-corrected chi connectivity index (χ2v) is 8.25. The van der Waals surface area contributed by atoms with E-state index in [1.807, 2.05) is 31.2 Å². The van der Waals surface area contributed by atoms with Gasteiger partial charge in [0.1, 0.15) is 0 Å². The van der Waals surface area contributed by atoms with E-state index in [0.29, 0.717) is 34.4 Å². The Bertz CT molecular complexity index is 904. The van der Waals surface area contributed by atoms with Crippen LogP contribution in [0.3, 0.4) is 0 Å². The second kappa shape index (κ2) is 10.3. The average molecular weight is 449 g/mol. The lowest BCUT2D eigenvalue weighted by Gasteiger charge is -2.31. The Morgan fingerprint density at radius 3 is 2.37 bits per heavy atom. The monoisotopic (exact) mass is 448 g/mol. The summed E-state index contributed by atoms with van der Waals surface area (Å²) >= 11 is 12.6. The molecule has 7 heteroatoms. The molecule has 1 N–H and O–H groups in total. The van der Waals surface area contributed by atoms with Crippen LogP contribution in [0.1, 0.15) is 41.3 Å². The summed E-state index contributed by atoms with van der Waals surface area (Å²) in [5, 5.41) is 4.32. The Balaban J connectivity index is 1.58. The number of benzene rings is 2. The molecule has 0 unspecified atom stereocenters. The Labute approximate surface area is 187 Å². The minimum atomic E-state index is -0.377. The highest BCUT2D eigenvalue weighted by atomic mass is 35.5. The van der Waals surface area contributed by atoms with Crippen molar-refractivity contribution in [2.45, 2.75) is 33.2 Å². The highest BCUT2D eigenvalue weighted by Crippen LogP contribution is 2.28. The van der Waals surface area contributed by atoms with E-state index in [4.69, 9.17) is 27.9 Å². The molecule has 3 rings (SSSR count). The minimum Gasteiger partial charge on any atom is -0.462 e. The number of amides is 1. The fourth-order valence-electron chi connectivity index (χ4n) is 3.70. The van der Waals surface area contributed by atoms with Gasteiger partial charge < -0.3 is 10.1 Å². The third-order valence-corrected chi connectivity index (χ3v) is 6.20. The molecule has 2 aromatic rings. The van der Waals surface area contributed by atoms with Gasteiger partial charge in [0.05, 0.1) is 12.2 Å². The molecule has 1 heterocycles. The van der Waals surface area contributed by atoms with Crippen molar-refractivity contribution < 1.29 is 14.3 Å². The third-order valence-electron chi connectivity index (χ3n) is 5.49. The van der Waals surface area contributed by atoms with Gasteiger partial charge in [-0.2, -0.15) is 0 Å². The summed E-state index contributed by atoms with van der Waals surface area (Å²) in [7, 11) is 0. The van der Waals surface area contributed by atoms with Crippen LogP contribution in [0.15, 0.2) is 36.4 Å². The van der Waals surface area contributed by atoms with E-state index in [1.54, 1.807) is 19.1 Å². The van der Waals surface area contributed by atoms with Gasteiger partial charge in [0, 0.05) is 33.8 Å². The first-order valence-electron chi connectivity index (χ1n) is 10.1. The average Bonchev–Trinajstić information content (AvgIpc) is 2.73. The SMILES string of the molecule is CCOC(=O)c1cccc(NC(=O)C2CCN(Cc3c(Cl)cccc3Cl)CC2)c1C. The first-order valence-corrected chi connectivity index (χ1v) is 10.9. The Morgan fingerprint density at radius 2 is 1.73 bits per heavy atom. The second-order valence-electron chi connectivity index (χ2n) is 7.44. The highest BCUT2D eigenvalue weighted by molar-refractivity contribution is 6.35. The molecule has 1 aliphatic rings. The number of anilines is 1. The van der Waals surface area contributed by atoms with Gasteiger partial charge in [0.2, 0.25) is 5.91 Å². The molecule has 1 fully saturated rings. The highest BCUT2D eigenvalue weighted by Gasteiger charge is 2.26. The fourth-order valence-corrected chi connectivity index (χ4v) is 4.21. The van der Waals surface area contributed by atoms with Crippen molar-refractivity contribution in [1.82, 2.24) is 4.90 Å². The number of nitrogens with zero attached hydrogens (tertiary/aromatic N) is 1. The quantitative estimate of drug-likeness (QED) is 0.606. The van der Waals surface area contributed by atoms with Gasteiger partial charge in [-0.25, -0.2) is 4.79 Å². The third kappa shape index (κ3) is 5.34. The molecule has 0 atom stereocenters. The summed E-state index contributed by atoms with van der Waals surface area (Å²) in [6.45, 7) is 6.16. The molecule has 1 saturated heterocycles. The van der Waals surface area contributed by atoms with Crippen LogP contribution in [-0.4, -0.2) is 36.5 Å². The topological polar surface area (TPSA) is 58.6 Å². The van der Waals surface area contributed by atoms with Gasteiger partial charge in [-0.1, -0.05) is 35.3 Å². The zero-order valence-electron chi connectivity index (χ0n) is 17.2. The molecular weight excluding hydrogens is 423 g/mol. The van der Waals surface area contributed by atoms with Crippen molar-refractivity contribution in [3.63, 3.8) is 0 Å². The molecule has 0 radical (unpaired) electrons. The maximum absolute atomic E-state index is 12.8. The minimum absolute atomic E-state index is 0.0189. The smallest absolute Gasteiger partial charge is 0.338 e. The molecule has 0 bridgehead atoms. The first-order chi connectivity index (χ1) is 14.4. The Morgan fingerprint density at radius 1 is 1.10 bits per heavy atom. The molecule has 0 saturated carbocycles. The van der Waals surface area contributed by atoms with Crippen molar-refractivity contribution in [2.75, 3.05) is 25.0 Å². The van der Waals surface area contributed by atoms with Crippen molar-refractivity contribution >= 4 is 40.8 Å². The lowest BCUT2D eigenvalue weighted by atomic mass is 9.95. The predicted molar refractivity (Wildman–Crippen MR) is 120 cm³/mol. The number of carbonyl (C=O) groups excluding carboxylic acids is 2. The number of esters is 1. The van der Waals surface area contributed by atoms with Crippen LogP contribution in [-0.2, 0) is 16.1 Å². The van der Waals surface area contributed by atoms with Crippen LogP contribution >= 0.6 is 23.2 Å². The molecule has 30 heavy (non-hydrogen) atoms. The Kier molecular flexibility index (Phi) is 7.75. The van der Waals surface area contributed by atoms with Crippen molar-refractivity contribution in [3.05, 3.63) is 63.1 Å². The Hall–Kier alpha value is -2.08. The van der Waals surface area contributed by atoms with E-state index < -0.39 is 0 Å². The molecule has 1 amide bonds. The number of nitrogens with one attached hydrogen (secondary N) is 1. The van der Waals surface area contributed by atoms with E-state index in [2.05, 4.69) is 10.2 Å².